The van der Waals surface area contributed by atoms with Crippen molar-refractivity contribution in [1.29, 1.82) is 0 Å². The van der Waals surface area contributed by atoms with Crippen LogP contribution in [0.1, 0.15) is 29.7 Å². The summed E-state index contributed by atoms with van der Waals surface area (Å²) in [6.07, 6.45) is 0.342. The molecule has 0 heterocycles. The molecule has 1 unspecified atom stereocenters. The predicted octanol–water partition coefficient (Wildman–Crippen LogP) is 3.68. The molecule has 0 spiro atoms. The molecule has 2 rings (SSSR count). The van der Waals surface area contributed by atoms with Crippen LogP contribution in [0.4, 0.5) is 0 Å². The number of aliphatic hydroxyl groups excluding tert-OH is 1. The summed E-state index contributed by atoms with van der Waals surface area (Å²) < 4.78 is 11.0. The zero-order valence-electron chi connectivity index (χ0n) is 12.8. The highest BCUT2D eigenvalue weighted by Crippen LogP contribution is 2.28. The van der Waals surface area contributed by atoms with E-state index in [4.69, 9.17) is 9.47 Å². The monoisotopic (exact) mass is 286 g/mol. The summed E-state index contributed by atoms with van der Waals surface area (Å²) in [5.74, 6) is 1.33. The van der Waals surface area contributed by atoms with E-state index in [0.717, 1.165) is 17.5 Å². The number of benzene rings is 2. The van der Waals surface area contributed by atoms with Gasteiger partial charge in [0.25, 0.3) is 0 Å². The maximum Gasteiger partial charge on any atom is 0.161 e. The lowest BCUT2D eigenvalue weighted by Crippen LogP contribution is -2.10. The van der Waals surface area contributed by atoms with Crippen molar-refractivity contribution >= 4 is 0 Å². The maximum atomic E-state index is 10.2. The van der Waals surface area contributed by atoms with Gasteiger partial charge in [-0.3, -0.25) is 0 Å². The summed E-state index contributed by atoms with van der Waals surface area (Å²) in [7, 11) is 1.61. The molecule has 0 radical (unpaired) electrons. The van der Waals surface area contributed by atoms with E-state index in [0.29, 0.717) is 11.5 Å². The first kappa shape index (κ1) is 15.4. The van der Waals surface area contributed by atoms with Gasteiger partial charge in [-0.05, 0) is 42.2 Å². The SMILES string of the molecule is CCc1ccc(C(O)COc2ccc(C)cc2OC)cc1. The summed E-state index contributed by atoms with van der Waals surface area (Å²) in [6.45, 7) is 4.31. The molecule has 0 aliphatic carbocycles. The lowest BCUT2D eigenvalue weighted by molar-refractivity contribution is 0.106. The number of aryl methyl sites for hydroxylation is 2. The Labute approximate surface area is 126 Å². The molecule has 1 atom stereocenters. The average Bonchev–Trinajstić information content (AvgIpc) is 2.53. The predicted molar refractivity (Wildman–Crippen MR) is 84.0 cm³/mol. The van der Waals surface area contributed by atoms with Crippen LogP contribution in [0, 0.1) is 6.92 Å². The van der Waals surface area contributed by atoms with E-state index in [9.17, 15) is 5.11 Å². The molecule has 0 fully saturated rings. The van der Waals surface area contributed by atoms with E-state index in [-0.39, 0.29) is 6.61 Å². The Kier molecular flexibility index (Phi) is 5.23. The second-order valence-electron chi connectivity index (χ2n) is 5.08. The van der Waals surface area contributed by atoms with E-state index in [1.54, 1.807) is 7.11 Å². The molecule has 1 N–H and O–H groups in total. The zero-order valence-corrected chi connectivity index (χ0v) is 12.8. The molecule has 112 valence electrons. The molecule has 0 aliphatic rings. The van der Waals surface area contributed by atoms with Crippen molar-refractivity contribution in [1.82, 2.24) is 0 Å². The van der Waals surface area contributed by atoms with Gasteiger partial charge in [0.05, 0.1) is 7.11 Å². The van der Waals surface area contributed by atoms with Crippen LogP contribution >= 0.6 is 0 Å². The Hall–Kier alpha value is -2.00. The van der Waals surface area contributed by atoms with Crippen molar-refractivity contribution in [2.24, 2.45) is 0 Å². The van der Waals surface area contributed by atoms with Crippen molar-refractivity contribution in [3.8, 4) is 11.5 Å². The van der Waals surface area contributed by atoms with Gasteiger partial charge >= 0.3 is 0 Å². The first-order valence-electron chi connectivity index (χ1n) is 7.18. The highest BCUT2D eigenvalue weighted by atomic mass is 16.5. The molecule has 0 saturated carbocycles. The number of ether oxygens (including phenoxy) is 2. The minimum absolute atomic E-state index is 0.199. The molecule has 0 aliphatic heterocycles. The summed E-state index contributed by atoms with van der Waals surface area (Å²) in [5, 5.41) is 10.2. The molecule has 21 heavy (non-hydrogen) atoms. The third-order valence-electron chi connectivity index (χ3n) is 3.49. The number of hydrogen-bond donors (Lipinski definition) is 1. The third-order valence-corrected chi connectivity index (χ3v) is 3.49. The van der Waals surface area contributed by atoms with Gasteiger partial charge in [-0.25, -0.2) is 0 Å². The Balaban J connectivity index is 2.01. The van der Waals surface area contributed by atoms with E-state index in [2.05, 4.69) is 6.92 Å². The molecule has 0 bridgehead atoms. The highest BCUT2D eigenvalue weighted by molar-refractivity contribution is 5.42. The Morgan fingerprint density at radius 3 is 2.38 bits per heavy atom. The molecule has 3 heteroatoms. The average molecular weight is 286 g/mol. The topological polar surface area (TPSA) is 38.7 Å². The van der Waals surface area contributed by atoms with Gasteiger partial charge in [0.2, 0.25) is 0 Å². The second-order valence-corrected chi connectivity index (χ2v) is 5.08. The van der Waals surface area contributed by atoms with Crippen LogP contribution in [-0.2, 0) is 6.42 Å². The number of methoxy groups -OCH3 is 1. The van der Waals surface area contributed by atoms with Crippen molar-refractivity contribution in [3.63, 3.8) is 0 Å². The minimum atomic E-state index is -0.651. The molecule has 2 aromatic rings. The molecule has 0 aromatic heterocycles. The molecule has 0 saturated heterocycles. The van der Waals surface area contributed by atoms with Gasteiger partial charge in [-0.2, -0.15) is 0 Å². The zero-order chi connectivity index (χ0) is 15.2. The Morgan fingerprint density at radius 2 is 1.76 bits per heavy atom. The van der Waals surface area contributed by atoms with Crippen LogP contribution in [0.25, 0.3) is 0 Å². The normalized spacial score (nSPS) is 12.0. The minimum Gasteiger partial charge on any atom is -0.493 e. The summed E-state index contributed by atoms with van der Waals surface area (Å²) >= 11 is 0. The Bertz CT molecular complexity index is 576. The van der Waals surface area contributed by atoms with Crippen LogP contribution in [0.15, 0.2) is 42.5 Å². The van der Waals surface area contributed by atoms with Gasteiger partial charge in [0.1, 0.15) is 12.7 Å². The van der Waals surface area contributed by atoms with E-state index >= 15 is 0 Å². The number of hydrogen-bond acceptors (Lipinski definition) is 3. The molecule has 0 amide bonds. The maximum absolute atomic E-state index is 10.2. The number of rotatable bonds is 6. The molecular formula is C18H22O3. The van der Waals surface area contributed by atoms with Crippen molar-refractivity contribution in [2.45, 2.75) is 26.4 Å². The fourth-order valence-corrected chi connectivity index (χ4v) is 2.13. The highest BCUT2D eigenvalue weighted by Gasteiger charge is 2.11. The lowest BCUT2D eigenvalue weighted by Gasteiger charge is -2.15. The van der Waals surface area contributed by atoms with Gasteiger partial charge in [0, 0.05) is 0 Å². The summed E-state index contributed by atoms with van der Waals surface area (Å²) in [6, 6.07) is 13.7. The van der Waals surface area contributed by atoms with E-state index in [1.165, 1.54) is 5.56 Å². The third kappa shape index (κ3) is 3.99. The van der Waals surface area contributed by atoms with E-state index < -0.39 is 6.10 Å². The first-order chi connectivity index (χ1) is 10.1. The van der Waals surface area contributed by atoms with Gasteiger partial charge < -0.3 is 14.6 Å². The standard InChI is InChI=1S/C18H22O3/c1-4-14-6-8-15(9-7-14)16(19)12-21-17-10-5-13(2)11-18(17)20-3/h5-11,16,19H,4,12H2,1-3H3. The molecular weight excluding hydrogens is 264 g/mol. The van der Waals surface area contributed by atoms with Crippen molar-refractivity contribution < 1.29 is 14.6 Å². The van der Waals surface area contributed by atoms with Crippen LogP contribution in [-0.4, -0.2) is 18.8 Å². The summed E-state index contributed by atoms with van der Waals surface area (Å²) in [4.78, 5) is 0. The number of aliphatic hydroxyl groups is 1. The van der Waals surface area contributed by atoms with Crippen LogP contribution < -0.4 is 9.47 Å². The second kappa shape index (κ2) is 7.14. The first-order valence-corrected chi connectivity index (χ1v) is 7.18. The van der Waals surface area contributed by atoms with Crippen molar-refractivity contribution in [3.05, 3.63) is 59.2 Å². The van der Waals surface area contributed by atoms with Crippen LogP contribution in [0.5, 0.6) is 11.5 Å². The van der Waals surface area contributed by atoms with E-state index in [1.807, 2.05) is 49.4 Å². The molecule has 2 aromatic carbocycles. The Morgan fingerprint density at radius 1 is 1.05 bits per heavy atom. The molecule has 3 nitrogen and oxygen atoms in total. The lowest BCUT2D eigenvalue weighted by atomic mass is 10.1. The smallest absolute Gasteiger partial charge is 0.161 e. The largest absolute Gasteiger partial charge is 0.493 e. The summed E-state index contributed by atoms with van der Waals surface area (Å²) in [5.41, 5.74) is 3.22. The fourth-order valence-electron chi connectivity index (χ4n) is 2.13. The van der Waals surface area contributed by atoms with Crippen molar-refractivity contribution in [2.75, 3.05) is 13.7 Å². The van der Waals surface area contributed by atoms with Gasteiger partial charge in [-0.15, -0.1) is 0 Å². The quantitative estimate of drug-likeness (QED) is 0.880. The fraction of sp³-hybridized carbons (Fsp3) is 0.333. The van der Waals surface area contributed by atoms with Gasteiger partial charge in [0.15, 0.2) is 11.5 Å². The van der Waals surface area contributed by atoms with Crippen LogP contribution in [0.2, 0.25) is 0 Å². The van der Waals surface area contributed by atoms with Crippen LogP contribution in [0.3, 0.4) is 0 Å². The van der Waals surface area contributed by atoms with Gasteiger partial charge in [-0.1, -0.05) is 37.3 Å².